The highest BCUT2D eigenvalue weighted by molar-refractivity contribution is 5.51. The number of aliphatic imine (C=N–C) groups is 1. The van der Waals surface area contributed by atoms with Crippen LogP contribution in [-0.2, 0) is 4.74 Å². The van der Waals surface area contributed by atoms with E-state index in [1.165, 1.54) is 12.8 Å². The van der Waals surface area contributed by atoms with Crippen LogP contribution < -0.4 is 5.73 Å². The van der Waals surface area contributed by atoms with Gasteiger partial charge in [-0.25, -0.2) is 0 Å². The van der Waals surface area contributed by atoms with Crippen LogP contribution in [0.15, 0.2) is 4.99 Å². The highest BCUT2D eigenvalue weighted by atomic mass is 16.5. The molecule has 9 heavy (non-hydrogen) atoms. The van der Waals surface area contributed by atoms with Crippen molar-refractivity contribution < 1.29 is 4.74 Å². The molecule has 0 bridgehead atoms. The van der Waals surface area contributed by atoms with Gasteiger partial charge in [-0.1, -0.05) is 0 Å². The molecule has 2 N–H and O–H groups in total. The average molecular weight is 128 g/mol. The molecule has 0 saturated carbocycles. The first kappa shape index (κ1) is 6.55. The molecule has 1 fully saturated rings. The van der Waals surface area contributed by atoms with Crippen molar-refractivity contribution in [2.75, 3.05) is 13.2 Å². The number of ether oxygens (including phenoxy) is 1. The third-order valence-electron chi connectivity index (χ3n) is 1.44. The molecule has 0 amide bonds. The maximum absolute atomic E-state index is 5.29. The molecule has 0 aromatic heterocycles. The average Bonchev–Trinajstić information content (AvgIpc) is 2.34. The first-order valence-corrected chi connectivity index (χ1v) is 3.25. The van der Waals surface area contributed by atoms with E-state index in [9.17, 15) is 0 Å². The minimum absolute atomic E-state index is 0.338. The van der Waals surface area contributed by atoms with E-state index < -0.39 is 0 Å². The van der Waals surface area contributed by atoms with Crippen LogP contribution in [-0.4, -0.2) is 25.6 Å². The molecule has 0 spiro atoms. The number of hydrogen-bond donors (Lipinski definition) is 1. The summed E-state index contributed by atoms with van der Waals surface area (Å²) in [6.07, 6.45) is 3.98. The summed E-state index contributed by atoms with van der Waals surface area (Å²) in [5.74, 6) is 0. The fraction of sp³-hybridized carbons (Fsp3) is 0.833. The zero-order valence-corrected chi connectivity index (χ0v) is 5.42. The third kappa shape index (κ3) is 2.01. The van der Waals surface area contributed by atoms with Crippen LogP contribution in [0, 0.1) is 0 Å². The Kier molecular flexibility index (Phi) is 2.51. The molecule has 1 heterocycles. The number of nitrogens with two attached hydrogens (primary N) is 1. The van der Waals surface area contributed by atoms with E-state index in [4.69, 9.17) is 10.5 Å². The number of rotatable bonds is 2. The van der Waals surface area contributed by atoms with Crippen LogP contribution in [0.4, 0.5) is 0 Å². The molecule has 0 aliphatic carbocycles. The summed E-state index contributed by atoms with van der Waals surface area (Å²) in [5.41, 5.74) is 5.06. The Morgan fingerprint density at radius 1 is 1.78 bits per heavy atom. The molecule has 52 valence electrons. The number of nitrogens with zero attached hydrogens (tertiary/aromatic N) is 1. The van der Waals surface area contributed by atoms with E-state index in [2.05, 4.69) is 4.99 Å². The van der Waals surface area contributed by atoms with Crippen LogP contribution in [0.1, 0.15) is 12.8 Å². The predicted molar refractivity (Wildman–Crippen MR) is 36.5 cm³/mol. The minimum atomic E-state index is 0.338. The summed E-state index contributed by atoms with van der Waals surface area (Å²) in [7, 11) is 0. The summed E-state index contributed by atoms with van der Waals surface area (Å²) in [6.45, 7) is 1.63. The van der Waals surface area contributed by atoms with E-state index in [0.717, 1.165) is 19.6 Å². The molecule has 3 nitrogen and oxygen atoms in total. The zero-order valence-electron chi connectivity index (χ0n) is 5.42. The molecule has 1 aliphatic heterocycles. The monoisotopic (exact) mass is 128 g/mol. The van der Waals surface area contributed by atoms with Crippen molar-refractivity contribution in [2.45, 2.75) is 18.9 Å². The van der Waals surface area contributed by atoms with Crippen LogP contribution in [0.2, 0.25) is 0 Å². The van der Waals surface area contributed by atoms with Crippen LogP contribution >= 0.6 is 0 Å². The van der Waals surface area contributed by atoms with Crippen molar-refractivity contribution in [3.8, 4) is 0 Å². The molecule has 0 aromatic carbocycles. The Labute approximate surface area is 54.9 Å². The SMILES string of the molecule is NC=NCC1CCCO1. The second-order valence-corrected chi connectivity index (χ2v) is 2.15. The van der Waals surface area contributed by atoms with Gasteiger partial charge in [0.1, 0.15) is 0 Å². The van der Waals surface area contributed by atoms with Crippen molar-refractivity contribution in [3.63, 3.8) is 0 Å². The second kappa shape index (κ2) is 3.45. The van der Waals surface area contributed by atoms with Crippen LogP contribution in [0.3, 0.4) is 0 Å². The van der Waals surface area contributed by atoms with Crippen molar-refractivity contribution >= 4 is 6.34 Å². The topological polar surface area (TPSA) is 47.6 Å². The fourth-order valence-electron chi connectivity index (χ4n) is 0.967. The van der Waals surface area contributed by atoms with Gasteiger partial charge in [0.15, 0.2) is 0 Å². The lowest BCUT2D eigenvalue weighted by Gasteiger charge is -2.02. The first-order valence-electron chi connectivity index (χ1n) is 3.25. The predicted octanol–water partition coefficient (Wildman–Crippen LogP) is 0.152. The van der Waals surface area contributed by atoms with E-state index >= 15 is 0 Å². The summed E-state index contributed by atoms with van der Waals surface area (Å²) >= 11 is 0. The van der Waals surface area contributed by atoms with Gasteiger partial charge in [-0.2, -0.15) is 0 Å². The molecular formula is C6H12N2O. The summed E-state index contributed by atoms with van der Waals surface area (Å²) in [5, 5.41) is 0. The normalized spacial score (nSPS) is 27.8. The van der Waals surface area contributed by atoms with Gasteiger partial charge in [-0.3, -0.25) is 4.99 Å². The maximum atomic E-state index is 5.29. The standard InChI is InChI=1S/C6H12N2O/c7-5-8-4-6-2-1-3-9-6/h5-6H,1-4H2,(H2,7,8). The van der Waals surface area contributed by atoms with E-state index in [0.29, 0.717) is 6.10 Å². The molecule has 3 heteroatoms. The fourth-order valence-corrected chi connectivity index (χ4v) is 0.967. The van der Waals surface area contributed by atoms with Crippen molar-refractivity contribution in [1.82, 2.24) is 0 Å². The van der Waals surface area contributed by atoms with Crippen molar-refractivity contribution in [2.24, 2.45) is 10.7 Å². The zero-order chi connectivity index (χ0) is 6.53. The Bertz CT molecular complexity index is 97.2. The molecule has 0 radical (unpaired) electrons. The Morgan fingerprint density at radius 2 is 2.67 bits per heavy atom. The van der Waals surface area contributed by atoms with E-state index in [1.54, 1.807) is 0 Å². The van der Waals surface area contributed by atoms with E-state index in [1.807, 2.05) is 0 Å². The van der Waals surface area contributed by atoms with Gasteiger partial charge in [0.25, 0.3) is 0 Å². The van der Waals surface area contributed by atoms with Gasteiger partial charge in [0.2, 0.25) is 0 Å². The number of hydrogen-bond acceptors (Lipinski definition) is 2. The molecule has 1 unspecified atom stereocenters. The van der Waals surface area contributed by atoms with Crippen LogP contribution in [0.5, 0.6) is 0 Å². The van der Waals surface area contributed by atoms with Gasteiger partial charge in [-0.05, 0) is 12.8 Å². The van der Waals surface area contributed by atoms with Crippen LogP contribution in [0.25, 0.3) is 0 Å². The maximum Gasteiger partial charge on any atom is 0.0798 e. The highest BCUT2D eigenvalue weighted by Crippen LogP contribution is 2.11. The lowest BCUT2D eigenvalue weighted by Crippen LogP contribution is -2.09. The molecular weight excluding hydrogens is 116 g/mol. The van der Waals surface area contributed by atoms with Gasteiger partial charge in [-0.15, -0.1) is 0 Å². The quantitative estimate of drug-likeness (QED) is 0.425. The lowest BCUT2D eigenvalue weighted by atomic mass is 10.2. The summed E-state index contributed by atoms with van der Waals surface area (Å²) < 4.78 is 5.29. The van der Waals surface area contributed by atoms with Crippen molar-refractivity contribution in [1.29, 1.82) is 0 Å². The van der Waals surface area contributed by atoms with Crippen molar-refractivity contribution in [3.05, 3.63) is 0 Å². The summed E-state index contributed by atoms with van der Waals surface area (Å²) in [4.78, 5) is 3.88. The smallest absolute Gasteiger partial charge is 0.0798 e. The molecule has 1 saturated heterocycles. The lowest BCUT2D eigenvalue weighted by molar-refractivity contribution is 0.118. The highest BCUT2D eigenvalue weighted by Gasteiger charge is 2.13. The second-order valence-electron chi connectivity index (χ2n) is 2.15. The van der Waals surface area contributed by atoms with Gasteiger partial charge >= 0.3 is 0 Å². The van der Waals surface area contributed by atoms with Gasteiger partial charge in [0, 0.05) is 6.61 Å². The minimum Gasteiger partial charge on any atom is -0.390 e. The Hall–Kier alpha value is -0.570. The molecule has 1 rings (SSSR count). The first-order chi connectivity index (χ1) is 4.43. The van der Waals surface area contributed by atoms with Gasteiger partial charge < -0.3 is 10.5 Å². The Morgan fingerprint density at radius 3 is 3.22 bits per heavy atom. The molecule has 1 atom stereocenters. The molecule has 0 aromatic rings. The Balaban J connectivity index is 2.11. The van der Waals surface area contributed by atoms with E-state index in [-0.39, 0.29) is 0 Å². The molecule has 1 aliphatic rings. The van der Waals surface area contributed by atoms with Gasteiger partial charge in [0.05, 0.1) is 19.0 Å². The third-order valence-corrected chi connectivity index (χ3v) is 1.44. The summed E-state index contributed by atoms with van der Waals surface area (Å²) in [6, 6.07) is 0. The largest absolute Gasteiger partial charge is 0.390 e.